The monoisotopic (exact) mass is 535 g/mol. The van der Waals surface area contributed by atoms with E-state index in [1.165, 1.54) is 32.1 Å². The first-order valence-electron chi connectivity index (χ1n) is 11.8. The number of hydrogen-bond acceptors (Lipinski definition) is 4. The van der Waals surface area contributed by atoms with Crippen LogP contribution in [0.4, 0.5) is 0 Å². The van der Waals surface area contributed by atoms with Crippen LogP contribution in [-0.4, -0.2) is 98.2 Å². The first-order valence-corrected chi connectivity index (χ1v) is 11.8. The van der Waals surface area contributed by atoms with E-state index in [0.29, 0.717) is 0 Å². The van der Waals surface area contributed by atoms with Crippen LogP contribution in [0.5, 0.6) is 0 Å². The predicted molar refractivity (Wildman–Crippen MR) is 133 cm³/mol. The lowest BCUT2D eigenvalue weighted by Crippen LogP contribution is -2.55. The summed E-state index contributed by atoms with van der Waals surface area (Å²) in [5.74, 6) is 1.17. The Labute approximate surface area is 200 Å². The Morgan fingerprint density at radius 1 is 1.07 bits per heavy atom. The van der Waals surface area contributed by atoms with E-state index in [1.54, 1.807) is 0 Å². The highest BCUT2D eigenvalue weighted by Gasteiger charge is 2.30. The zero-order valence-electron chi connectivity index (χ0n) is 19.0. The molecule has 30 heavy (non-hydrogen) atoms. The lowest BCUT2D eigenvalue weighted by atomic mass is 9.94. The fourth-order valence-corrected chi connectivity index (χ4v) is 4.75. The van der Waals surface area contributed by atoms with Gasteiger partial charge in [0.25, 0.3) is 5.91 Å². The van der Waals surface area contributed by atoms with Crippen molar-refractivity contribution in [3.63, 3.8) is 0 Å². The third kappa shape index (κ3) is 7.51. The maximum absolute atomic E-state index is 12.5. The molecular weight excluding hydrogens is 493 g/mol. The molecule has 7 nitrogen and oxygen atoms in total. The van der Waals surface area contributed by atoms with E-state index in [0.717, 1.165) is 83.7 Å². The molecule has 0 radical (unpaired) electrons. The van der Waals surface area contributed by atoms with Gasteiger partial charge in [-0.15, -0.1) is 24.0 Å². The molecule has 0 aromatic carbocycles. The molecule has 0 aromatic rings. The normalized spacial score (nSPS) is 23.6. The first-order chi connectivity index (χ1) is 14.2. The number of rotatable bonds is 7. The molecule has 3 aliphatic rings. The third-order valence-electron chi connectivity index (χ3n) is 6.56. The second-order valence-electron chi connectivity index (χ2n) is 8.68. The molecule has 1 amide bonds. The number of nitrogens with zero attached hydrogens (tertiary/aromatic N) is 4. The van der Waals surface area contributed by atoms with Crippen LogP contribution < -0.4 is 5.32 Å². The van der Waals surface area contributed by atoms with Gasteiger partial charge in [0.1, 0.15) is 6.10 Å². The number of nitrogens with one attached hydrogen (secondary N) is 1. The minimum Gasteiger partial charge on any atom is -0.368 e. The minimum atomic E-state index is -0.204. The number of aliphatic imine (C=N–C) groups is 1. The highest BCUT2D eigenvalue weighted by Crippen LogP contribution is 2.21. The van der Waals surface area contributed by atoms with Crippen molar-refractivity contribution >= 4 is 35.8 Å². The molecule has 3 fully saturated rings. The van der Waals surface area contributed by atoms with E-state index >= 15 is 0 Å². The average Bonchev–Trinajstić information content (AvgIpc) is 3.31. The van der Waals surface area contributed by atoms with E-state index < -0.39 is 0 Å². The van der Waals surface area contributed by atoms with Gasteiger partial charge in [-0.1, -0.05) is 19.3 Å². The smallest absolute Gasteiger partial charge is 0.251 e. The number of halogens is 1. The number of amides is 1. The van der Waals surface area contributed by atoms with Gasteiger partial charge in [-0.05, 0) is 52.6 Å². The summed E-state index contributed by atoms with van der Waals surface area (Å²) in [4.78, 5) is 24.2. The van der Waals surface area contributed by atoms with Crippen LogP contribution in [0.15, 0.2) is 4.99 Å². The van der Waals surface area contributed by atoms with Crippen LogP contribution in [0.1, 0.15) is 58.3 Å². The van der Waals surface area contributed by atoms with Crippen molar-refractivity contribution in [2.24, 2.45) is 4.99 Å². The Morgan fingerprint density at radius 2 is 1.77 bits per heavy atom. The summed E-state index contributed by atoms with van der Waals surface area (Å²) in [6.45, 7) is 8.88. The van der Waals surface area contributed by atoms with Crippen LogP contribution in [0.25, 0.3) is 0 Å². The zero-order chi connectivity index (χ0) is 20.5. The molecule has 1 unspecified atom stereocenters. The lowest BCUT2D eigenvalue weighted by Gasteiger charge is -2.37. The van der Waals surface area contributed by atoms with E-state index in [4.69, 9.17) is 9.73 Å². The van der Waals surface area contributed by atoms with Crippen molar-refractivity contribution in [2.45, 2.75) is 70.4 Å². The van der Waals surface area contributed by atoms with E-state index in [2.05, 4.69) is 29.1 Å². The Balaban J connectivity index is 0.00000320. The van der Waals surface area contributed by atoms with Crippen molar-refractivity contribution in [1.82, 2.24) is 20.0 Å². The molecule has 174 valence electrons. The van der Waals surface area contributed by atoms with Crippen LogP contribution in [-0.2, 0) is 9.53 Å². The largest absolute Gasteiger partial charge is 0.368 e. The van der Waals surface area contributed by atoms with E-state index in [-0.39, 0.29) is 36.0 Å². The molecular formula is C22H42IN5O2. The Bertz CT molecular complexity index is 528. The van der Waals surface area contributed by atoms with Gasteiger partial charge in [0.15, 0.2) is 5.96 Å². The minimum absolute atomic E-state index is 0. The highest BCUT2D eigenvalue weighted by molar-refractivity contribution is 14.0. The van der Waals surface area contributed by atoms with Gasteiger partial charge >= 0.3 is 0 Å². The molecule has 1 saturated carbocycles. The van der Waals surface area contributed by atoms with Crippen LogP contribution >= 0.6 is 24.0 Å². The topological polar surface area (TPSA) is 60.4 Å². The molecule has 1 N–H and O–H groups in total. The summed E-state index contributed by atoms with van der Waals surface area (Å²) in [7, 11) is 2.27. The summed E-state index contributed by atoms with van der Waals surface area (Å²) in [5.41, 5.74) is 0. The van der Waals surface area contributed by atoms with Crippen molar-refractivity contribution in [3.05, 3.63) is 0 Å². The van der Waals surface area contributed by atoms with Gasteiger partial charge < -0.3 is 24.8 Å². The Kier molecular flexibility index (Phi) is 11.7. The van der Waals surface area contributed by atoms with Gasteiger partial charge in [0.05, 0.1) is 0 Å². The number of hydrogen-bond donors (Lipinski definition) is 1. The maximum atomic E-state index is 12.5. The predicted octanol–water partition coefficient (Wildman–Crippen LogP) is 2.55. The molecule has 2 aliphatic heterocycles. The summed E-state index contributed by atoms with van der Waals surface area (Å²) in [6.07, 6.45) is 9.67. The fourth-order valence-electron chi connectivity index (χ4n) is 4.75. The van der Waals surface area contributed by atoms with Gasteiger partial charge in [0, 0.05) is 51.9 Å². The van der Waals surface area contributed by atoms with Gasteiger partial charge in [0.2, 0.25) is 0 Å². The van der Waals surface area contributed by atoms with Crippen molar-refractivity contribution in [1.29, 1.82) is 0 Å². The summed E-state index contributed by atoms with van der Waals surface area (Å²) in [6, 6.07) is 0.774. The number of guanidine groups is 1. The van der Waals surface area contributed by atoms with Gasteiger partial charge in [-0.2, -0.15) is 0 Å². The standard InChI is InChI=1S/C22H41N5O2.HI/c1-3-23-22(24-12-8-13-25(2)19-9-5-4-6-10-19)27-16-14-26(15-17-27)21(28)20-11-7-18-29-20;/h19-20H,3-18H2,1-2H3,(H,23,24);1H. The Morgan fingerprint density at radius 3 is 2.40 bits per heavy atom. The van der Waals surface area contributed by atoms with E-state index in [9.17, 15) is 4.79 Å². The highest BCUT2D eigenvalue weighted by atomic mass is 127. The molecule has 2 heterocycles. The zero-order valence-corrected chi connectivity index (χ0v) is 21.3. The number of carbonyl (C=O) groups excluding carboxylic acids is 1. The molecule has 0 aromatic heterocycles. The molecule has 8 heteroatoms. The van der Waals surface area contributed by atoms with Crippen LogP contribution in [0.3, 0.4) is 0 Å². The molecule has 0 spiro atoms. The van der Waals surface area contributed by atoms with Crippen molar-refractivity contribution < 1.29 is 9.53 Å². The summed E-state index contributed by atoms with van der Waals surface area (Å²) in [5, 5.41) is 3.44. The second kappa shape index (κ2) is 13.7. The molecule has 1 atom stereocenters. The van der Waals surface area contributed by atoms with E-state index in [1.807, 2.05) is 4.90 Å². The fraction of sp³-hybridized carbons (Fsp3) is 0.909. The number of carbonyl (C=O) groups is 1. The van der Waals surface area contributed by atoms with Gasteiger partial charge in [-0.3, -0.25) is 9.79 Å². The number of piperazine rings is 1. The molecule has 3 rings (SSSR count). The van der Waals surface area contributed by atoms with Crippen molar-refractivity contribution in [3.8, 4) is 0 Å². The lowest BCUT2D eigenvalue weighted by molar-refractivity contribution is -0.142. The molecule has 0 bridgehead atoms. The second-order valence-corrected chi connectivity index (χ2v) is 8.68. The first kappa shape index (κ1) is 25.6. The summed E-state index contributed by atoms with van der Waals surface area (Å²) >= 11 is 0. The van der Waals surface area contributed by atoms with Crippen LogP contribution in [0.2, 0.25) is 0 Å². The van der Waals surface area contributed by atoms with Gasteiger partial charge in [-0.25, -0.2) is 0 Å². The van der Waals surface area contributed by atoms with Crippen molar-refractivity contribution in [2.75, 3.05) is 59.5 Å². The summed E-state index contributed by atoms with van der Waals surface area (Å²) < 4.78 is 5.56. The molecule has 1 aliphatic carbocycles. The quantitative estimate of drug-likeness (QED) is 0.235. The average molecular weight is 536 g/mol. The van der Waals surface area contributed by atoms with Crippen LogP contribution in [0, 0.1) is 0 Å². The SMILES string of the molecule is CCNC(=NCCCN(C)C1CCCCC1)N1CCN(C(=O)C2CCCO2)CC1.I. The molecule has 2 saturated heterocycles. The maximum Gasteiger partial charge on any atom is 0.251 e. The number of ether oxygens (including phenoxy) is 1. The third-order valence-corrected chi connectivity index (χ3v) is 6.56. The Hall–Kier alpha value is -0.610.